The van der Waals surface area contributed by atoms with Gasteiger partial charge < -0.3 is 19.8 Å². The average molecular weight is 362 g/mol. The number of benzene rings is 2. The van der Waals surface area contributed by atoms with Gasteiger partial charge in [-0.05, 0) is 36.4 Å². The van der Waals surface area contributed by atoms with Gasteiger partial charge >= 0.3 is 17.9 Å². The topological polar surface area (TPSA) is 98.4 Å². The van der Waals surface area contributed by atoms with Crippen LogP contribution in [0.2, 0.25) is 0 Å². The minimum Gasteiger partial charge on any atom is -0.452 e. The Morgan fingerprint density at radius 1 is 1.12 bits per heavy atom. The number of hydrogen-bond donors (Lipinski definition) is 2. The van der Waals surface area contributed by atoms with Crippen LogP contribution >= 0.6 is 0 Å². The third-order valence-corrected chi connectivity index (χ3v) is 3.27. The molecule has 8 nitrogen and oxygen atoms in total. The van der Waals surface area contributed by atoms with Crippen molar-refractivity contribution in [2.75, 3.05) is 17.7 Å². The summed E-state index contributed by atoms with van der Waals surface area (Å²) in [6, 6.07) is 8.33. The zero-order valence-electron chi connectivity index (χ0n) is 13.3. The molecule has 134 valence electrons. The molecule has 26 heavy (non-hydrogen) atoms. The standard InChI is InChI=1S/C16H12F2N4O4/c1-25-15-21-22(16(24)26-15)10-7-5-9(6-8-10)19-14(23)20-13-11(17)3-2-4-12(13)18/h2-8H,1H3,(H2,19,20,23). The van der Waals surface area contributed by atoms with Gasteiger partial charge in [0.15, 0.2) is 0 Å². The molecule has 2 aromatic carbocycles. The molecule has 0 radical (unpaired) electrons. The van der Waals surface area contributed by atoms with E-state index in [9.17, 15) is 18.4 Å². The predicted molar refractivity (Wildman–Crippen MR) is 87.7 cm³/mol. The van der Waals surface area contributed by atoms with Crippen molar-refractivity contribution in [2.24, 2.45) is 0 Å². The Morgan fingerprint density at radius 3 is 2.35 bits per heavy atom. The third kappa shape index (κ3) is 3.53. The van der Waals surface area contributed by atoms with Crippen LogP contribution in [0.1, 0.15) is 0 Å². The molecular weight excluding hydrogens is 350 g/mol. The highest BCUT2D eigenvalue weighted by Crippen LogP contribution is 2.19. The summed E-state index contributed by atoms with van der Waals surface area (Å²) in [7, 11) is 1.31. The number of carbonyl (C=O) groups is 1. The highest BCUT2D eigenvalue weighted by Gasteiger charge is 2.13. The maximum absolute atomic E-state index is 13.5. The molecule has 0 atom stereocenters. The first-order valence-corrected chi connectivity index (χ1v) is 7.24. The van der Waals surface area contributed by atoms with Gasteiger partial charge in [-0.2, -0.15) is 4.68 Å². The van der Waals surface area contributed by atoms with E-state index < -0.39 is 29.1 Å². The van der Waals surface area contributed by atoms with Crippen LogP contribution in [0.4, 0.5) is 25.0 Å². The molecule has 0 aliphatic carbocycles. The van der Waals surface area contributed by atoms with Gasteiger partial charge in [-0.25, -0.2) is 18.4 Å². The maximum atomic E-state index is 13.5. The van der Waals surface area contributed by atoms with E-state index in [4.69, 9.17) is 9.15 Å². The van der Waals surface area contributed by atoms with Crippen LogP contribution in [-0.4, -0.2) is 22.9 Å². The summed E-state index contributed by atoms with van der Waals surface area (Å²) in [5.41, 5.74) is 0.141. The van der Waals surface area contributed by atoms with Gasteiger partial charge in [0.25, 0.3) is 0 Å². The van der Waals surface area contributed by atoms with Gasteiger partial charge in [0.1, 0.15) is 17.3 Å². The Morgan fingerprint density at radius 2 is 1.77 bits per heavy atom. The number of halogens is 2. The molecule has 0 aliphatic rings. The molecule has 2 N–H and O–H groups in total. The minimum absolute atomic E-state index is 0.191. The molecular formula is C16H12F2N4O4. The number of rotatable bonds is 4. The molecule has 3 rings (SSSR count). The van der Waals surface area contributed by atoms with Gasteiger partial charge in [0.05, 0.1) is 12.8 Å². The molecule has 0 aliphatic heterocycles. The first-order chi connectivity index (χ1) is 12.5. The lowest BCUT2D eigenvalue weighted by molar-refractivity contribution is 0.262. The Labute approximate surface area is 145 Å². The summed E-state index contributed by atoms with van der Waals surface area (Å²) < 4.78 is 37.5. The highest BCUT2D eigenvalue weighted by molar-refractivity contribution is 5.99. The van der Waals surface area contributed by atoms with E-state index in [1.165, 1.54) is 37.4 Å². The molecule has 0 fully saturated rings. The lowest BCUT2D eigenvalue weighted by Gasteiger charge is -2.09. The van der Waals surface area contributed by atoms with Crippen molar-refractivity contribution in [1.82, 2.24) is 9.78 Å². The zero-order chi connectivity index (χ0) is 18.7. The van der Waals surface area contributed by atoms with E-state index in [2.05, 4.69) is 15.7 Å². The van der Waals surface area contributed by atoms with Gasteiger partial charge in [-0.1, -0.05) is 11.2 Å². The van der Waals surface area contributed by atoms with E-state index in [1.54, 1.807) is 0 Å². The quantitative estimate of drug-likeness (QED) is 0.744. The summed E-state index contributed by atoms with van der Waals surface area (Å²) in [5, 5.41) is 8.31. The van der Waals surface area contributed by atoms with Crippen LogP contribution in [0.25, 0.3) is 5.69 Å². The number of para-hydroxylation sites is 1. The van der Waals surface area contributed by atoms with Crippen LogP contribution in [0.15, 0.2) is 51.7 Å². The fourth-order valence-electron chi connectivity index (χ4n) is 2.09. The van der Waals surface area contributed by atoms with Crippen molar-refractivity contribution in [2.45, 2.75) is 0 Å². The van der Waals surface area contributed by atoms with Gasteiger partial charge in [0, 0.05) is 5.69 Å². The number of urea groups is 1. The fraction of sp³-hybridized carbons (Fsp3) is 0.0625. The summed E-state index contributed by atoms with van der Waals surface area (Å²) >= 11 is 0. The number of amides is 2. The van der Waals surface area contributed by atoms with Crippen molar-refractivity contribution in [3.05, 3.63) is 64.6 Å². The maximum Gasteiger partial charge on any atom is 0.444 e. The molecule has 3 aromatic rings. The smallest absolute Gasteiger partial charge is 0.444 e. The number of ether oxygens (including phenoxy) is 1. The van der Waals surface area contributed by atoms with Gasteiger partial charge in [-0.3, -0.25) is 0 Å². The van der Waals surface area contributed by atoms with Gasteiger partial charge in [0.2, 0.25) is 0 Å². The van der Waals surface area contributed by atoms with E-state index in [1.807, 2.05) is 0 Å². The average Bonchev–Trinajstić information content (AvgIpc) is 3.00. The molecule has 0 spiro atoms. The molecule has 1 heterocycles. The summed E-state index contributed by atoms with van der Waals surface area (Å²) in [6.07, 6.45) is -0.191. The number of nitrogens with one attached hydrogen (secondary N) is 2. The second-order valence-electron chi connectivity index (χ2n) is 4.97. The number of anilines is 2. The summed E-state index contributed by atoms with van der Waals surface area (Å²) in [4.78, 5) is 23.5. The largest absolute Gasteiger partial charge is 0.452 e. The lowest BCUT2D eigenvalue weighted by Crippen LogP contribution is -2.21. The van der Waals surface area contributed by atoms with Crippen molar-refractivity contribution in [3.8, 4) is 11.8 Å². The van der Waals surface area contributed by atoms with E-state index in [0.29, 0.717) is 11.4 Å². The number of hydrogen-bond acceptors (Lipinski definition) is 5. The van der Waals surface area contributed by atoms with Crippen LogP contribution in [0.3, 0.4) is 0 Å². The fourth-order valence-corrected chi connectivity index (χ4v) is 2.09. The zero-order valence-corrected chi connectivity index (χ0v) is 13.3. The molecule has 0 saturated carbocycles. The summed E-state index contributed by atoms with van der Waals surface area (Å²) in [6.45, 7) is 0. The second-order valence-corrected chi connectivity index (χ2v) is 4.97. The van der Waals surface area contributed by atoms with Crippen LogP contribution in [-0.2, 0) is 0 Å². The number of nitrogens with zero attached hydrogens (tertiary/aromatic N) is 2. The first-order valence-electron chi connectivity index (χ1n) is 7.24. The second kappa shape index (κ2) is 7.05. The van der Waals surface area contributed by atoms with Crippen LogP contribution in [0.5, 0.6) is 6.08 Å². The van der Waals surface area contributed by atoms with Gasteiger partial charge in [-0.15, -0.1) is 0 Å². The van der Waals surface area contributed by atoms with E-state index in [0.717, 1.165) is 16.8 Å². The lowest BCUT2D eigenvalue weighted by atomic mass is 10.3. The normalized spacial score (nSPS) is 10.4. The van der Waals surface area contributed by atoms with E-state index >= 15 is 0 Å². The number of methoxy groups -OCH3 is 1. The molecule has 0 bridgehead atoms. The summed E-state index contributed by atoms with van der Waals surface area (Å²) in [5.74, 6) is -2.53. The monoisotopic (exact) mass is 362 g/mol. The molecule has 1 aromatic heterocycles. The highest BCUT2D eigenvalue weighted by atomic mass is 19.1. The number of aromatic nitrogens is 2. The third-order valence-electron chi connectivity index (χ3n) is 3.27. The Balaban J connectivity index is 1.72. The molecule has 0 saturated heterocycles. The van der Waals surface area contributed by atoms with Crippen molar-refractivity contribution >= 4 is 17.4 Å². The Bertz CT molecular complexity index is 978. The molecule has 2 amide bonds. The van der Waals surface area contributed by atoms with Crippen molar-refractivity contribution in [3.63, 3.8) is 0 Å². The molecule has 0 unspecified atom stereocenters. The van der Waals surface area contributed by atoms with Crippen LogP contribution in [0, 0.1) is 11.6 Å². The Hall–Kier alpha value is -3.69. The van der Waals surface area contributed by atoms with Crippen molar-refractivity contribution in [1.29, 1.82) is 0 Å². The number of carbonyl (C=O) groups excluding carboxylic acids is 1. The predicted octanol–water partition coefficient (Wildman–Crippen LogP) is 2.76. The Kier molecular flexibility index (Phi) is 4.65. The van der Waals surface area contributed by atoms with E-state index in [-0.39, 0.29) is 6.08 Å². The first kappa shape index (κ1) is 17.1. The van der Waals surface area contributed by atoms with Crippen LogP contribution < -0.4 is 21.1 Å². The van der Waals surface area contributed by atoms with Crippen molar-refractivity contribution < 1.29 is 22.7 Å². The molecule has 10 heteroatoms. The minimum atomic E-state index is -0.894. The SMILES string of the molecule is COc1nn(-c2ccc(NC(=O)Nc3c(F)cccc3F)cc2)c(=O)o1.